The maximum atomic E-state index is 12.4. The van der Waals surface area contributed by atoms with Crippen molar-refractivity contribution >= 4 is 17.5 Å². The van der Waals surface area contributed by atoms with Gasteiger partial charge in [-0.05, 0) is 44.2 Å². The second-order valence-electron chi connectivity index (χ2n) is 5.53. The number of nitrogens with zero attached hydrogens (tertiary/aromatic N) is 1. The number of carbonyl (C=O) groups excluding carboxylic acids is 1. The minimum Gasteiger partial charge on any atom is -0.364 e. The van der Waals surface area contributed by atoms with E-state index in [0.717, 1.165) is 47.7 Å². The van der Waals surface area contributed by atoms with Crippen LogP contribution in [0.25, 0.3) is 0 Å². The molecule has 0 aromatic heterocycles. The fraction of sp³-hybridized carbons (Fsp3) is 0.471. The van der Waals surface area contributed by atoms with Crippen molar-refractivity contribution in [2.75, 3.05) is 6.54 Å². The molecule has 1 aliphatic heterocycles. The summed E-state index contributed by atoms with van der Waals surface area (Å²) in [6.07, 6.45) is 2.90. The van der Waals surface area contributed by atoms with Gasteiger partial charge in [0.05, 0.1) is 0 Å². The lowest BCUT2D eigenvalue weighted by atomic mass is 9.99. The molecular formula is C17H23ClN2O. The van der Waals surface area contributed by atoms with Crippen LogP contribution in [0.1, 0.15) is 37.3 Å². The van der Waals surface area contributed by atoms with Crippen molar-refractivity contribution < 1.29 is 4.79 Å². The molecule has 1 unspecified atom stereocenters. The molecule has 1 amide bonds. The molecule has 0 aliphatic carbocycles. The first-order valence-corrected chi connectivity index (χ1v) is 7.88. The summed E-state index contributed by atoms with van der Waals surface area (Å²) in [6.45, 7) is 9.40. The lowest BCUT2D eigenvalue weighted by Crippen LogP contribution is -2.48. The summed E-state index contributed by atoms with van der Waals surface area (Å²) in [6, 6.07) is 5.79. The molecule has 3 nitrogen and oxygen atoms in total. The molecule has 1 heterocycles. The number of hydrogen-bond acceptors (Lipinski definition) is 2. The number of halogens is 1. The highest BCUT2D eigenvalue weighted by Gasteiger charge is 2.28. The Bertz CT molecular complexity index is 542. The molecule has 21 heavy (non-hydrogen) atoms. The zero-order valence-corrected chi connectivity index (χ0v) is 13.5. The van der Waals surface area contributed by atoms with Gasteiger partial charge in [0, 0.05) is 23.8 Å². The Morgan fingerprint density at radius 2 is 2.29 bits per heavy atom. The van der Waals surface area contributed by atoms with E-state index in [1.165, 1.54) is 0 Å². The zero-order chi connectivity index (χ0) is 15.4. The number of piperidine rings is 1. The van der Waals surface area contributed by atoms with Crippen molar-refractivity contribution in [1.29, 1.82) is 0 Å². The van der Waals surface area contributed by atoms with Gasteiger partial charge in [0.1, 0.15) is 6.04 Å². The highest BCUT2D eigenvalue weighted by atomic mass is 35.5. The van der Waals surface area contributed by atoms with E-state index in [2.05, 4.69) is 23.7 Å². The van der Waals surface area contributed by atoms with Crippen LogP contribution in [0.15, 0.2) is 30.5 Å². The average molecular weight is 307 g/mol. The smallest absolute Gasteiger partial charge is 0.242 e. The van der Waals surface area contributed by atoms with Crippen molar-refractivity contribution in [1.82, 2.24) is 10.2 Å². The van der Waals surface area contributed by atoms with Gasteiger partial charge < -0.3 is 10.2 Å². The second kappa shape index (κ2) is 6.99. The molecule has 1 atom stereocenters. The Morgan fingerprint density at radius 1 is 1.52 bits per heavy atom. The fourth-order valence-corrected chi connectivity index (χ4v) is 3.07. The summed E-state index contributed by atoms with van der Waals surface area (Å²) in [5, 5.41) is 3.75. The van der Waals surface area contributed by atoms with Gasteiger partial charge in [-0.2, -0.15) is 0 Å². The van der Waals surface area contributed by atoms with Crippen LogP contribution >= 0.6 is 11.6 Å². The molecule has 1 N–H and O–H groups in total. The van der Waals surface area contributed by atoms with Crippen LogP contribution in [-0.2, 0) is 11.3 Å². The van der Waals surface area contributed by atoms with Crippen molar-refractivity contribution in [3.05, 3.63) is 46.6 Å². The molecule has 1 saturated heterocycles. The first-order valence-electron chi connectivity index (χ1n) is 7.50. The Balaban J connectivity index is 2.01. The molecule has 1 aromatic rings. The van der Waals surface area contributed by atoms with Gasteiger partial charge in [0.25, 0.3) is 0 Å². The number of nitrogens with one attached hydrogen (secondary N) is 1. The predicted octanol–water partition coefficient (Wildman–Crippen LogP) is 3.65. The van der Waals surface area contributed by atoms with E-state index >= 15 is 0 Å². The molecule has 1 aliphatic rings. The molecule has 0 bridgehead atoms. The molecule has 0 spiro atoms. The fourth-order valence-electron chi connectivity index (χ4n) is 2.88. The van der Waals surface area contributed by atoms with Gasteiger partial charge in [-0.3, -0.25) is 4.79 Å². The zero-order valence-electron chi connectivity index (χ0n) is 12.8. The summed E-state index contributed by atoms with van der Waals surface area (Å²) in [5.74, 6) is 0.0651. The van der Waals surface area contributed by atoms with E-state index in [1.54, 1.807) is 0 Å². The molecule has 1 aromatic carbocycles. The summed E-state index contributed by atoms with van der Waals surface area (Å²) in [7, 11) is 0. The molecule has 114 valence electrons. The van der Waals surface area contributed by atoms with E-state index in [1.807, 2.05) is 25.1 Å². The van der Waals surface area contributed by atoms with E-state index in [-0.39, 0.29) is 11.9 Å². The monoisotopic (exact) mass is 306 g/mol. The largest absolute Gasteiger partial charge is 0.364 e. The Morgan fingerprint density at radius 3 is 3.00 bits per heavy atom. The van der Waals surface area contributed by atoms with Crippen LogP contribution in [-0.4, -0.2) is 23.4 Å². The van der Waals surface area contributed by atoms with Gasteiger partial charge in [-0.15, -0.1) is 0 Å². The third-order valence-corrected chi connectivity index (χ3v) is 4.63. The van der Waals surface area contributed by atoms with E-state index < -0.39 is 0 Å². The number of amides is 1. The normalized spacial score (nSPS) is 18.7. The second-order valence-corrected chi connectivity index (χ2v) is 5.90. The highest BCUT2D eigenvalue weighted by molar-refractivity contribution is 6.32. The summed E-state index contributed by atoms with van der Waals surface area (Å²) in [5.41, 5.74) is 3.06. The highest BCUT2D eigenvalue weighted by Crippen LogP contribution is 2.25. The number of rotatable bonds is 4. The number of aryl methyl sites for hydroxylation is 1. The summed E-state index contributed by atoms with van der Waals surface area (Å²) in [4.78, 5) is 14.6. The molecule has 1 fully saturated rings. The third-order valence-electron chi connectivity index (χ3n) is 4.09. The van der Waals surface area contributed by atoms with Gasteiger partial charge >= 0.3 is 0 Å². The maximum absolute atomic E-state index is 12.4. The standard InChI is InChI=1S/C17H23ClN2O/c1-4-20-13(3)8-6-10-15(20)17(21)19-11-14-9-5-7-12(2)16(14)18/h5,7,9,15H,3-4,6,8,10-11H2,1-2H3,(H,19,21). The quantitative estimate of drug-likeness (QED) is 0.921. The van der Waals surface area contributed by atoms with Crippen LogP contribution in [0.3, 0.4) is 0 Å². The number of hydrogen-bond donors (Lipinski definition) is 1. The van der Waals surface area contributed by atoms with Gasteiger partial charge in [-0.25, -0.2) is 0 Å². The molecule has 2 rings (SSSR count). The minimum atomic E-state index is -0.0974. The van der Waals surface area contributed by atoms with E-state index in [9.17, 15) is 4.79 Å². The molecule has 0 radical (unpaired) electrons. The Hall–Kier alpha value is -1.48. The molecule has 0 saturated carbocycles. The SMILES string of the molecule is C=C1CCCC(C(=O)NCc2cccc(C)c2Cl)N1CC. The van der Waals surface area contributed by atoms with Crippen LogP contribution in [0.2, 0.25) is 5.02 Å². The first kappa shape index (κ1) is 15.9. The van der Waals surface area contributed by atoms with Crippen LogP contribution < -0.4 is 5.32 Å². The van der Waals surface area contributed by atoms with Crippen LogP contribution in [0, 0.1) is 6.92 Å². The number of benzene rings is 1. The maximum Gasteiger partial charge on any atom is 0.242 e. The lowest BCUT2D eigenvalue weighted by Gasteiger charge is -2.37. The number of carbonyl (C=O) groups is 1. The third kappa shape index (κ3) is 3.59. The predicted molar refractivity (Wildman–Crippen MR) is 87.2 cm³/mol. The van der Waals surface area contributed by atoms with E-state index in [0.29, 0.717) is 6.54 Å². The van der Waals surface area contributed by atoms with Crippen molar-refractivity contribution in [2.45, 2.75) is 45.7 Å². The Kier molecular flexibility index (Phi) is 5.29. The Labute approximate surface area is 132 Å². The molecular weight excluding hydrogens is 284 g/mol. The number of likely N-dealkylation sites (tertiary alicyclic amines) is 1. The van der Waals surface area contributed by atoms with Gasteiger partial charge in [0.2, 0.25) is 5.91 Å². The first-order chi connectivity index (χ1) is 10.0. The van der Waals surface area contributed by atoms with Crippen molar-refractivity contribution in [2.24, 2.45) is 0 Å². The van der Waals surface area contributed by atoms with Crippen molar-refractivity contribution in [3.8, 4) is 0 Å². The van der Waals surface area contributed by atoms with Crippen LogP contribution in [0.5, 0.6) is 0 Å². The summed E-state index contributed by atoms with van der Waals surface area (Å²) >= 11 is 6.27. The number of likely N-dealkylation sites (N-methyl/N-ethyl adjacent to an activating group) is 1. The van der Waals surface area contributed by atoms with Crippen LogP contribution in [0.4, 0.5) is 0 Å². The average Bonchev–Trinajstić information content (AvgIpc) is 2.48. The molecule has 4 heteroatoms. The number of allylic oxidation sites excluding steroid dienone is 1. The van der Waals surface area contributed by atoms with Gasteiger partial charge in [-0.1, -0.05) is 36.4 Å². The summed E-state index contributed by atoms with van der Waals surface area (Å²) < 4.78 is 0. The lowest BCUT2D eigenvalue weighted by molar-refractivity contribution is -0.126. The topological polar surface area (TPSA) is 32.3 Å². The van der Waals surface area contributed by atoms with Crippen molar-refractivity contribution in [3.63, 3.8) is 0 Å². The van der Waals surface area contributed by atoms with Gasteiger partial charge in [0.15, 0.2) is 0 Å². The minimum absolute atomic E-state index is 0.0651. The van der Waals surface area contributed by atoms with E-state index in [4.69, 9.17) is 11.6 Å².